The molecule has 100 valence electrons. The van der Waals surface area contributed by atoms with Crippen molar-refractivity contribution >= 4 is 0 Å². The number of halogens is 4. The first-order chi connectivity index (χ1) is 9.04. The Kier molecular flexibility index (Phi) is 3.85. The summed E-state index contributed by atoms with van der Waals surface area (Å²) in [6, 6.07) is 5.76. The largest absolute Gasteiger partial charge is 0.309 e. The van der Waals surface area contributed by atoms with Crippen LogP contribution in [0, 0.1) is 23.3 Å². The van der Waals surface area contributed by atoms with E-state index < -0.39 is 34.9 Å². The molecular formula is C14H11F4N. The summed E-state index contributed by atoms with van der Waals surface area (Å²) in [6.45, 7) is 0. The number of rotatable bonds is 3. The Hall–Kier alpha value is -1.88. The van der Waals surface area contributed by atoms with Crippen LogP contribution >= 0.6 is 0 Å². The third-order valence-corrected chi connectivity index (χ3v) is 2.84. The molecule has 1 nitrogen and oxygen atoms in total. The highest BCUT2D eigenvalue weighted by Gasteiger charge is 2.23. The van der Waals surface area contributed by atoms with Crippen LogP contribution in [0.5, 0.6) is 0 Å². The summed E-state index contributed by atoms with van der Waals surface area (Å²) in [5.74, 6) is -3.72. The van der Waals surface area contributed by atoms with E-state index in [1.54, 1.807) is 6.07 Å². The zero-order valence-corrected chi connectivity index (χ0v) is 10.1. The molecule has 0 bridgehead atoms. The normalized spacial score (nSPS) is 12.5. The molecule has 2 rings (SSSR count). The fourth-order valence-electron chi connectivity index (χ4n) is 1.99. The van der Waals surface area contributed by atoms with Crippen molar-refractivity contribution in [3.05, 3.63) is 70.8 Å². The smallest absolute Gasteiger partial charge is 0.134 e. The Morgan fingerprint density at radius 2 is 1.47 bits per heavy atom. The summed E-state index contributed by atoms with van der Waals surface area (Å²) in [5.41, 5.74) is -0.316. The highest BCUT2D eigenvalue weighted by atomic mass is 19.1. The molecular weight excluding hydrogens is 258 g/mol. The van der Waals surface area contributed by atoms with E-state index in [9.17, 15) is 17.6 Å². The van der Waals surface area contributed by atoms with E-state index >= 15 is 0 Å². The van der Waals surface area contributed by atoms with Gasteiger partial charge in [0.1, 0.15) is 23.3 Å². The fourth-order valence-corrected chi connectivity index (χ4v) is 1.99. The number of hydrogen-bond donors (Lipinski definition) is 1. The van der Waals surface area contributed by atoms with Crippen molar-refractivity contribution in [2.75, 3.05) is 7.05 Å². The first kappa shape index (κ1) is 13.5. The summed E-state index contributed by atoms with van der Waals surface area (Å²) in [4.78, 5) is 0. The van der Waals surface area contributed by atoms with E-state index in [2.05, 4.69) is 5.32 Å². The predicted octanol–water partition coefficient (Wildman–Crippen LogP) is 3.55. The van der Waals surface area contributed by atoms with Crippen LogP contribution in [0.4, 0.5) is 17.6 Å². The van der Waals surface area contributed by atoms with Gasteiger partial charge in [-0.3, -0.25) is 0 Å². The van der Waals surface area contributed by atoms with Gasteiger partial charge in [-0.1, -0.05) is 18.2 Å². The molecule has 0 saturated heterocycles. The Labute approximate surface area is 107 Å². The minimum Gasteiger partial charge on any atom is -0.309 e. The van der Waals surface area contributed by atoms with Crippen LogP contribution in [-0.4, -0.2) is 7.05 Å². The topological polar surface area (TPSA) is 12.0 Å². The van der Waals surface area contributed by atoms with E-state index in [4.69, 9.17) is 0 Å². The minimum absolute atomic E-state index is 0.0920. The lowest BCUT2D eigenvalue weighted by atomic mass is 9.97. The minimum atomic E-state index is -1.06. The molecule has 5 heteroatoms. The van der Waals surface area contributed by atoms with Crippen molar-refractivity contribution in [2.45, 2.75) is 6.04 Å². The van der Waals surface area contributed by atoms with E-state index in [1.165, 1.54) is 25.2 Å². The highest BCUT2D eigenvalue weighted by molar-refractivity contribution is 5.34. The quantitative estimate of drug-likeness (QED) is 0.840. The molecule has 0 heterocycles. The third kappa shape index (κ3) is 2.61. The Morgan fingerprint density at radius 1 is 0.895 bits per heavy atom. The van der Waals surface area contributed by atoms with Gasteiger partial charge in [0, 0.05) is 23.3 Å². The molecule has 0 amide bonds. The molecule has 0 aliphatic heterocycles. The van der Waals surface area contributed by atoms with Gasteiger partial charge < -0.3 is 5.32 Å². The average molecular weight is 269 g/mol. The first-order valence-corrected chi connectivity index (χ1v) is 5.60. The lowest BCUT2D eigenvalue weighted by Gasteiger charge is -2.19. The molecule has 0 aliphatic rings. The van der Waals surface area contributed by atoms with Gasteiger partial charge in [0.25, 0.3) is 0 Å². The molecule has 1 atom stereocenters. The maximum absolute atomic E-state index is 13.7. The molecule has 0 fully saturated rings. The fraction of sp³-hybridized carbons (Fsp3) is 0.143. The summed E-state index contributed by atoms with van der Waals surface area (Å²) in [7, 11) is 1.44. The van der Waals surface area contributed by atoms with Gasteiger partial charge in [-0.2, -0.15) is 0 Å². The van der Waals surface area contributed by atoms with E-state index in [0.717, 1.165) is 0 Å². The van der Waals surface area contributed by atoms with Crippen LogP contribution < -0.4 is 5.32 Å². The van der Waals surface area contributed by atoms with Crippen molar-refractivity contribution in [1.29, 1.82) is 0 Å². The maximum atomic E-state index is 13.7. The zero-order chi connectivity index (χ0) is 14.0. The van der Waals surface area contributed by atoms with Crippen molar-refractivity contribution in [3.8, 4) is 0 Å². The van der Waals surface area contributed by atoms with Crippen molar-refractivity contribution in [2.24, 2.45) is 0 Å². The molecule has 2 aromatic carbocycles. The van der Waals surface area contributed by atoms with Crippen LogP contribution in [0.15, 0.2) is 36.4 Å². The molecule has 0 aliphatic carbocycles. The van der Waals surface area contributed by atoms with E-state index in [1.807, 2.05) is 0 Å². The van der Waals surface area contributed by atoms with E-state index in [0.29, 0.717) is 12.1 Å². The van der Waals surface area contributed by atoms with Gasteiger partial charge in [0.05, 0.1) is 6.04 Å². The number of nitrogens with one attached hydrogen (secondary N) is 1. The van der Waals surface area contributed by atoms with Crippen molar-refractivity contribution in [1.82, 2.24) is 5.32 Å². The Balaban J connectivity index is 2.58. The van der Waals surface area contributed by atoms with Gasteiger partial charge in [0.15, 0.2) is 0 Å². The van der Waals surface area contributed by atoms with Crippen molar-refractivity contribution < 1.29 is 17.6 Å². The van der Waals surface area contributed by atoms with Gasteiger partial charge in [-0.25, -0.2) is 17.6 Å². The maximum Gasteiger partial charge on any atom is 0.134 e. The van der Waals surface area contributed by atoms with Gasteiger partial charge in [-0.15, -0.1) is 0 Å². The van der Waals surface area contributed by atoms with Crippen LogP contribution in [-0.2, 0) is 0 Å². The molecule has 0 spiro atoms. The summed E-state index contributed by atoms with van der Waals surface area (Å²) >= 11 is 0. The predicted molar refractivity (Wildman–Crippen MR) is 63.6 cm³/mol. The van der Waals surface area contributed by atoms with Crippen LogP contribution in [0.25, 0.3) is 0 Å². The lowest BCUT2D eigenvalue weighted by molar-refractivity contribution is 0.491. The summed E-state index contributed by atoms with van der Waals surface area (Å²) < 4.78 is 54.0. The van der Waals surface area contributed by atoms with Gasteiger partial charge >= 0.3 is 0 Å². The average Bonchev–Trinajstić information content (AvgIpc) is 2.34. The van der Waals surface area contributed by atoms with Crippen molar-refractivity contribution in [3.63, 3.8) is 0 Å². The van der Waals surface area contributed by atoms with Gasteiger partial charge in [0.2, 0.25) is 0 Å². The monoisotopic (exact) mass is 269 g/mol. The molecule has 0 radical (unpaired) electrons. The van der Waals surface area contributed by atoms with Crippen LogP contribution in [0.1, 0.15) is 17.2 Å². The lowest BCUT2D eigenvalue weighted by Crippen LogP contribution is -2.21. The second-order valence-corrected chi connectivity index (χ2v) is 4.03. The molecule has 0 saturated carbocycles. The summed E-state index contributed by atoms with van der Waals surface area (Å²) in [6.07, 6.45) is 0. The standard InChI is InChI=1S/C14H11F4N/c1-19-14(9-4-2-3-5-10(9)16)13-11(17)6-8(15)7-12(13)18/h2-7,14,19H,1H3. The number of hydrogen-bond acceptors (Lipinski definition) is 1. The molecule has 2 aromatic rings. The molecule has 19 heavy (non-hydrogen) atoms. The molecule has 0 aromatic heterocycles. The Bertz CT molecular complexity index is 575. The zero-order valence-electron chi connectivity index (χ0n) is 10.1. The Morgan fingerprint density at radius 3 is 2.00 bits per heavy atom. The highest BCUT2D eigenvalue weighted by Crippen LogP contribution is 2.28. The summed E-state index contributed by atoms with van der Waals surface area (Å²) in [5, 5.41) is 2.63. The molecule has 1 N–H and O–H groups in total. The third-order valence-electron chi connectivity index (χ3n) is 2.84. The van der Waals surface area contributed by atoms with Gasteiger partial charge in [-0.05, 0) is 13.1 Å². The van der Waals surface area contributed by atoms with Crippen LogP contribution in [0.2, 0.25) is 0 Å². The second kappa shape index (κ2) is 5.40. The van der Waals surface area contributed by atoms with E-state index in [-0.39, 0.29) is 5.56 Å². The second-order valence-electron chi connectivity index (χ2n) is 4.03. The SMILES string of the molecule is CNC(c1ccccc1F)c1c(F)cc(F)cc1F. The van der Waals surface area contributed by atoms with Crippen LogP contribution in [0.3, 0.4) is 0 Å². The number of benzene rings is 2. The first-order valence-electron chi connectivity index (χ1n) is 5.60. The molecule has 1 unspecified atom stereocenters.